The highest BCUT2D eigenvalue weighted by Crippen LogP contribution is 2.20. The van der Waals surface area contributed by atoms with Crippen LogP contribution in [-0.4, -0.2) is 15.0 Å². The Hall–Kier alpha value is -2.84. The van der Waals surface area contributed by atoms with Crippen molar-refractivity contribution < 1.29 is 9.53 Å². The molecule has 0 radical (unpaired) electrons. The van der Waals surface area contributed by atoms with Gasteiger partial charge in [-0.3, -0.25) is 0 Å². The van der Waals surface area contributed by atoms with Gasteiger partial charge in [-0.25, -0.2) is 4.99 Å². The average molecular weight is 356 g/mol. The minimum atomic E-state index is -0.539. The number of aliphatic hydroxyl groups is 1. The molecule has 7 nitrogen and oxygen atoms in total. The molecule has 0 aliphatic heterocycles. The highest BCUT2D eigenvalue weighted by Gasteiger charge is 2.21. The fraction of sp³-hybridized carbons (Fsp3) is 0.118. The number of thioether (sulfide) groups is 1. The van der Waals surface area contributed by atoms with E-state index in [2.05, 4.69) is 4.99 Å². The maximum Gasteiger partial charge on any atom is 0.286 e. The quantitative estimate of drug-likeness (QED) is 0.423. The summed E-state index contributed by atoms with van der Waals surface area (Å²) in [5, 5.41) is 22.4. The van der Waals surface area contributed by atoms with Gasteiger partial charge in [0, 0.05) is 16.7 Å². The number of fused-ring (bicyclic) bond motifs is 1. The fourth-order valence-electron chi connectivity index (χ4n) is 2.43. The molecule has 0 spiro atoms. The third-order valence-electron chi connectivity index (χ3n) is 3.64. The van der Waals surface area contributed by atoms with E-state index in [1.54, 1.807) is 18.2 Å². The molecule has 3 rings (SSSR count). The van der Waals surface area contributed by atoms with Crippen LogP contribution in [0.3, 0.4) is 0 Å². The van der Waals surface area contributed by atoms with Crippen molar-refractivity contribution in [3.05, 3.63) is 76.1 Å². The predicted octanol–water partition coefficient (Wildman–Crippen LogP) is 2.27. The van der Waals surface area contributed by atoms with Gasteiger partial charge >= 0.3 is 0 Å². The summed E-state index contributed by atoms with van der Waals surface area (Å²) in [6.07, 6.45) is 0. The molecule has 1 heterocycles. The van der Waals surface area contributed by atoms with Gasteiger partial charge in [0.2, 0.25) is 0 Å². The van der Waals surface area contributed by atoms with E-state index in [1.807, 2.05) is 30.3 Å². The van der Waals surface area contributed by atoms with E-state index >= 15 is 0 Å². The molecular weight excluding hydrogens is 340 g/mol. The van der Waals surface area contributed by atoms with Crippen molar-refractivity contribution in [1.29, 1.82) is 0 Å². The molecule has 0 aliphatic rings. The Labute approximate surface area is 147 Å². The zero-order chi connectivity index (χ0) is 17.8. The van der Waals surface area contributed by atoms with E-state index in [9.17, 15) is 15.2 Å². The van der Waals surface area contributed by atoms with Crippen molar-refractivity contribution in [2.75, 3.05) is 0 Å². The number of benzene rings is 2. The van der Waals surface area contributed by atoms with Crippen LogP contribution in [0.2, 0.25) is 0 Å². The van der Waals surface area contributed by atoms with Crippen LogP contribution in [0, 0.1) is 10.1 Å². The van der Waals surface area contributed by atoms with E-state index in [4.69, 9.17) is 5.73 Å². The third kappa shape index (κ3) is 3.49. The number of nitrogens with zero attached hydrogens (tertiary/aromatic N) is 3. The summed E-state index contributed by atoms with van der Waals surface area (Å²) in [6, 6.07) is 15.6. The maximum absolute atomic E-state index is 12.6. The number of hydrogen-bond acceptors (Lipinski definition) is 5. The van der Waals surface area contributed by atoms with E-state index in [-0.39, 0.29) is 33.3 Å². The van der Waals surface area contributed by atoms with Gasteiger partial charge in [-0.1, -0.05) is 42.1 Å². The number of para-hydroxylation sites is 3. The summed E-state index contributed by atoms with van der Waals surface area (Å²) >= 11 is 1.13. The van der Waals surface area contributed by atoms with Crippen LogP contribution in [0.5, 0.6) is 0 Å². The lowest BCUT2D eigenvalue weighted by molar-refractivity contribution is -0.479. The highest BCUT2D eigenvalue weighted by atomic mass is 32.2. The number of aliphatic imine (C=N–C) groups is 1. The summed E-state index contributed by atoms with van der Waals surface area (Å²) in [5.41, 5.74) is 7.21. The zero-order valence-electron chi connectivity index (χ0n) is 13.2. The van der Waals surface area contributed by atoms with Crippen LogP contribution >= 0.6 is 11.8 Å². The lowest BCUT2D eigenvalue weighted by Crippen LogP contribution is -2.28. The summed E-state index contributed by atoms with van der Waals surface area (Å²) < 4.78 is 1.25. The van der Waals surface area contributed by atoms with Crippen molar-refractivity contribution in [3.8, 4) is 0 Å². The topological polar surface area (TPSA) is 110 Å². The third-order valence-corrected chi connectivity index (χ3v) is 4.45. The van der Waals surface area contributed by atoms with Crippen LogP contribution in [-0.2, 0) is 12.4 Å². The number of aliphatic hydroxyl groups excluding tert-OH is 1. The first-order valence-electron chi connectivity index (χ1n) is 7.50. The molecule has 8 heteroatoms. The molecule has 0 unspecified atom stereocenters. The summed E-state index contributed by atoms with van der Waals surface area (Å²) in [7, 11) is 0. The van der Waals surface area contributed by atoms with Crippen LogP contribution < -0.4 is 10.2 Å². The predicted molar refractivity (Wildman–Crippen MR) is 99.0 cm³/mol. The minimum absolute atomic E-state index is 0.00807. The summed E-state index contributed by atoms with van der Waals surface area (Å²) in [5.74, 6) is 0.120. The van der Waals surface area contributed by atoms with Crippen LogP contribution in [0.25, 0.3) is 11.0 Å². The first kappa shape index (κ1) is 17.0. The summed E-state index contributed by atoms with van der Waals surface area (Å²) in [6.45, 7) is -0.539. The standard InChI is InChI=1S/C17H16N4O3S/c18-17(19-12-6-2-1-3-7-12)25-11-16-15(10-22)20(23)13-8-4-5-9-14(13)21(16)24/h1-9,22H,10-11H2,(H2,18,19). The number of nitrogens with two attached hydrogens (primary N) is 1. The SMILES string of the molecule is NC(=Nc1ccccc1)SCc1c(CO)[n+](=O)c2ccccc2n1[O-]. The van der Waals surface area contributed by atoms with Gasteiger partial charge in [0.05, 0.1) is 15.8 Å². The van der Waals surface area contributed by atoms with Gasteiger partial charge in [0.1, 0.15) is 12.1 Å². The van der Waals surface area contributed by atoms with Crippen molar-refractivity contribution in [3.63, 3.8) is 0 Å². The van der Waals surface area contributed by atoms with Crippen molar-refractivity contribution >= 4 is 33.7 Å². The molecule has 2 aromatic carbocycles. The Bertz CT molecular complexity index is 986. The lowest BCUT2D eigenvalue weighted by Gasteiger charge is -2.18. The zero-order valence-corrected chi connectivity index (χ0v) is 14.0. The van der Waals surface area contributed by atoms with Gasteiger partial charge in [-0.15, -0.1) is 0 Å². The van der Waals surface area contributed by atoms with Gasteiger partial charge in [0.25, 0.3) is 11.2 Å². The van der Waals surface area contributed by atoms with Gasteiger partial charge in [-0.2, -0.15) is 0 Å². The second-order valence-corrected chi connectivity index (χ2v) is 6.20. The molecule has 25 heavy (non-hydrogen) atoms. The van der Waals surface area contributed by atoms with Crippen molar-refractivity contribution in [2.45, 2.75) is 12.4 Å². The van der Waals surface area contributed by atoms with E-state index < -0.39 is 6.61 Å². The van der Waals surface area contributed by atoms with E-state index in [0.29, 0.717) is 14.8 Å². The van der Waals surface area contributed by atoms with Crippen molar-refractivity contribution in [1.82, 2.24) is 4.73 Å². The second-order valence-electron chi connectivity index (χ2n) is 5.20. The normalized spacial score (nSPS) is 11.8. The van der Waals surface area contributed by atoms with Gasteiger partial charge in [0.15, 0.2) is 5.17 Å². The molecule has 128 valence electrons. The number of aromatic nitrogens is 2. The molecule has 0 bridgehead atoms. The minimum Gasteiger partial charge on any atom is -0.805 e. The van der Waals surface area contributed by atoms with Gasteiger partial charge in [-0.05, 0) is 18.2 Å². The van der Waals surface area contributed by atoms with Gasteiger partial charge < -0.3 is 20.8 Å². The smallest absolute Gasteiger partial charge is 0.286 e. The second kappa shape index (κ2) is 7.37. The average Bonchev–Trinajstić information content (AvgIpc) is 2.64. The van der Waals surface area contributed by atoms with Crippen LogP contribution in [0.15, 0.2) is 59.6 Å². The Morgan fingerprint density at radius 3 is 2.60 bits per heavy atom. The summed E-state index contributed by atoms with van der Waals surface area (Å²) in [4.78, 5) is 16.6. The molecule has 0 aliphatic carbocycles. The largest absolute Gasteiger partial charge is 0.805 e. The monoisotopic (exact) mass is 356 g/mol. The lowest BCUT2D eigenvalue weighted by atomic mass is 10.2. The number of hydrogen-bond donors (Lipinski definition) is 2. The molecule has 0 amide bonds. The Balaban J connectivity index is 1.95. The molecule has 1 aromatic heterocycles. The van der Waals surface area contributed by atoms with Crippen molar-refractivity contribution in [2.24, 2.45) is 10.7 Å². The Morgan fingerprint density at radius 2 is 1.88 bits per heavy atom. The fourth-order valence-corrected chi connectivity index (χ4v) is 3.17. The Kier molecular flexibility index (Phi) is 5.01. The van der Waals surface area contributed by atoms with E-state index in [0.717, 1.165) is 11.8 Å². The molecule has 0 fully saturated rings. The molecule has 0 saturated carbocycles. The first-order valence-corrected chi connectivity index (χ1v) is 8.49. The molecule has 3 aromatic rings. The number of amidine groups is 1. The Morgan fingerprint density at radius 1 is 1.20 bits per heavy atom. The van der Waals surface area contributed by atoms with Crippen LogP contribution in [0.1, 0.15) is 11.4 Å². The maximum atomic E-state index is 12.6. The molecule has 0 saturated heterocycles. The number of rotatable bonds is 4. The molecule has 3 N–H and O–H groups in total. The molecule has 0 atom stereocenters. The van der Waals surface area contributed by atoms with Crippen LogP contribution in [0.4, 0.5) is 5.69 Å². The highest BCUT2D eigenvalue weighted by molar-refractivity contribution is 8.13. The first-order chi connectivity index (χ1) is 12.1. The molecular formula is C17H16N4O3S. The van der Waals surface area contributed by atoms with E-state index in [1.165, 1.54) is 6.07 Å².